The van der Waals surface area contributed by atoms with E-state index in [1.165, 1.54) is 12.1 Å². The summed E-state index contributed by atoms with van der Waals surface area (Å²) in [6, 6.07) is 19.7. The number of hydrogen-bond acceptors (Lipinski definition) is 4. The highest BCUT2D eigenvalue weighted by atomic mass is 35.5. The second-order valence-corrected chi connectivity index (χ2v) is 8.89. The summed E-state index contributed by atoms with van der Waals surface area (Å²) in [7, 11) is -4.11. The van der Waals surface area contributed by atoms with Gasteiger partial charge >= 0.3 is 0 Å². The highest BCUT2D eigenvalue weighted by Crippen LogP contribution is 2.26. The fraction of sp³-hybridized carbons (Fsp3) is 0.174. The van der Waals surface area contributed by atoms with Crippen LogP contribution in [0.1, 0.15) is 18.1 Å². The third kappa shape index (κ3) is 4.83. The van der Waals surface area contributed by atoms with Gasteiger partial charge in [-0.3, -0.25) is 4.79 Å². The van der Waals surface area contributed by atoms with Crippen LogP contribution in [0.25, 0.3) is 0 Å². The predicted octanol–water partition coefficient (Wildman–Crippen LogP) is 5.01. The number of nitrogens with zero attached hydrogens (tertiary/aromatic N) is 1. The van der Waals surface area contributed by atoms with Crippen molar-refractivity contribution in [2.75, 3.05) is 10.9 Å². The first kappa shape index (κ1) is 21.9. The molecule has 0 aromatic heterocycles. The van der Waals surface area contributed by atoms with Crippen molar-refractivity contribution >= 4 is 33.2 Å². The lowest BCUT2D eigenvalue weighted by molar-refractivity contribution is -0.119. The molecule has 156 valence electrons. The Hall–Kier alpha value is -2.83. The van der Waals surface area contributed by atoms with Gasteiger partial charge in [0, 0.05) is 5.02 Å². The molecule has 0 N–H and O–H groups in total. The molecule has 0 spiro atoms. The number of halogens is 1. The Morgan fingerprint density at radius 1 is 1.00 bits per heavy atom. The van der Waals surface area contributed by atoms with Crippen molar-refractivity contribution in [2.45, 2.75) is 25.2 Å². The molecule has 30 heavy (non-hydrogen) atoms. The number of benzene rings is 3. The molecule has 5 nitrogen and oxygen atoms in total. The molecule has 0 saturated heterocycles. The predicted molar refractivity (Wildman–Crippen MR) is 119 cm³/mol. The fourth-order valence-corrected chi connectivity index (χ4v) is 4.44. The topological polar surface area (TPSA) is 63.7 Å². The van der Waals surface area contributed by atoms with Crippen molar-refractivity contribution in [1.29, 1.82) is 0 Å². The molecule has 0 aliphatic heterocycles. The molecule has 0 radical (unpaired) electrons. The van der Waals surface area contributed by atoms with E-state index in [0.29, 0.717) is 10.8 Å². The number of carbonyl (C=O) groups excluding carboxylic acids is 1. The number of sulfonamides is 1. The van der Waals surface area contributed by atoms with E-state index >= 15 is 0 Å². The molecular formula is C23H22ClNO4S. The van der Waals surface area contributed by atoms with Gasteiger partial charge in [-0.25, -0.2) is 8.42 Å². The lowest BCUT2D eigenvalue weighted by Gasteiger charge is -2.23. The van der Waals surface area contributed by atoms with Gasteiger partial charge in [0.2, 0.25) is 0 Å². The second kappa shape index (κ2) is 9.32. The van der Waals surface area contributed by atoms with E-state index in [1.807, 2.05) is 13.8 Å². The summed E-state index contributed by atoms with van der Waals surface area (Å²) < 4.78 is 32.9. The van der Waals surface area contributed by atoms with Gasteiger partial charge in [-0.1, -0.05) is 48.9 Å². The Morgan fingerprint density at radius 3 is 2.27 bits per heavy atom. The van der Waals surface area contributed by atoms with E-state index < -0.39 is 22.5 Å². The maximum atomic E-state index is 13.3. The number of amides is 1. The molecule has 0 heterocycles. The molecule has 3 aromatic rings. The number of rotatable bonds is 7. The Morgan fingerprint density at radius 2 is 1.67 bits per heavy atom. The highest BCUT2D eigenvalue weighted by Gasteiger charge is 2.31. The Balaban J connectivity index is 1.93. The molecule has 1 amide bonds. The first-order chi connectivity index (χ1) is 14.3. The van der Waals surface area contributed by atoms with Gasteiger partial charge in [0.05, 0.1) is 10.6 Å². The van der Waals surface area contributed by atoms with Gasteiger partial charge < -0.3 is 4.74 Å². The number of aryl methyl sites for hydroxylation is 2. The second-order valence-electron chi connectivity index (χ2n) is 6.70. The van der Waals surface area contributed by atoms with Gasteiger partial charge in [0.15, 0.2) is 6.61 Å². The summed E-state index contributed by atoms with van der Waals surface area (Å²) in [6.07, 6.45) is 0.804. The van der Waals surface area contributed by atoms with Gasteiger partial charge in [0.1, 0.15) is 5.75 Å². The minimum atomic E-state index is -4.11. The van der Waals surface area contributed by atoms with Crippen molar-refractivity contribution in [3.05, 3.63) is 88.9 Å². The average molecular weight is 444 g/mol. The maximum Gasteiger partial charge on any atom is 0.278 e. The summed E-state index contributed by atoms with van der Waals surface area (Å²) in [5.74, 6) is -0.264. The van der Waals surface area contributed by atoms with Gasteiger partial charge in [0.25, 0.3) is 15.9 Å². The summed E-state index contributed by atoms with van der Waals surface area (Å²) in [6.45, 7) is 3.38. The molecule has 0 fully saturated rings. The van der Waals surface area contributed by atoms with E-state index in [0.717, 1.165) is 21.9 Å². The Labute approximate surface area is 181 Å². The molecule has 0 saturated carbocycles. The summed E-state index contributed by atoms with van der Waals surface area (Å²) in [5.41, 5.74) is 2.10. The van der Waals surface area contributed by atoms with Gasteiger partial charge in [-0.05, 0) is 66.9 Å². The third-order valence-electron chi connectivity index (χ3n) is 4.58. The van der Waals surface area contributed by atoms with E-state index in [4.69, 9.17) is 16.3 Å². The molecule has 0 atom stereocenters. The smallest absolute Gasteiger partial charge is 0.278 e. The van der Waals surface area contributed by atoms with Crippen LogP contribution < -0.4 is 9.04 Å². The Bertz CT molecular complexity index is 1130. The number of hydrogen-bond donors (Lipinski definition) is 0. The fourth-order valence-electron chi connectivity index (χ4n) is 2.89. The SMILES string of the molecule is CCc1ccc(N(C(=O)COc2ccc(Cl)c(C)c2)S(=O)(=O)c2ccccc2)cc1. The molecule has 0 bridgehead atoms. The van der Waals surface area contributed by atoms with Crippen molar-refractivity contribution in [3.8, 4) is 5.75 Å². The first-order valence-corrected chi connectivity index (χ1v) is 11.3. The minimum Gasteiger partial charge on any atom is -0.484 e. The van der Waals surface area contributed by atoms with Crippen LogP contribution in [-0.2, 0) is 21.2 Å². The van der Waals surface area contributed by atoms with Crippen molar-refractivity contribution < 1.29 is 17.9 Å². The van der Waals surface area contributed by atoms with Crippen LogP contribution in [0.3, 0.4) is 0 Å². The molecular weight excluding hydrogens is 422 g/mol. The largest absolute Gasteiger partial charge is 0.484 e. The van der Waals surface area contributed by atoms with Crippen LogP contribution in [0.4, 0.5) is 5.69 Å². The van der Waals surface area contributed by atoms with Crippen molar-refractivity contribution in [1.82, 2.24) is 0 Å². The zero-order chi connectivity index (χ0) is 21.7. The summed E-state index contributed by atoms with van der Waals surface area (Å²) >= 11 is 6.02. The third-order valence-corrected chi connectivity index (χ3v) is 6.77. The molecule has 0 aliphatic carbocycles. The van der Waals surface area contributed by atoms with Crippen molar-refractivity contribution in [2.24, 2.45) is 0 Å². The standard InChI is InChI=1S/C23H22ClNO4S/c1-3-18-9-11-19(12-10-18)25(30(27,28)21-7-5-4-6-8-21)23(26)16-29-20-13-14-22(24)17(2)15-20/h4-15H,3,16H2,1-2H3. The highest BCUT2D eigenvalue weighted by molar-refractivity contribution is 7.93. The zero-order valence-electron chi connectivity index (χ0n) is 16.7. The summed E-state index contributed by atoms with van der Waals surface area (Å²) in [4.78, 5) is 13.1. The zero-order valence-corrected chi connectivity index (χ0v) is 18.3. The molecule has 3 aromatic carbocycles. The van der Waals surface area contributed by atoms with E-state index in [-0.39, 0.29) is 10.6 Å². The lowest BCUT2D eigenvalue weighted by atomic mass is 10.1. The Kier molecular flexibility index (Phi) is 6.80. The molecule has 7 heteroatoms. The molecule has 0 aliphatic rings. The van der Waals surface area contributed by atoms with Crippen LogP contribution in [0.15, 0.2) is 77.7 Å². The van der Waals surface area contributed by atoms with Crippen LogP contribution in [-0.4, -0.2) is 20.9 Å². The van der Waals surface area contributed by atoms with Crippen LogP contribution >= 0.6 is 11.6 Å². The summed E-state index contributed by atoms with van der Waals surface area (Å²) in [5, 5.41) is 0.581. The molecule has 0 unspecified atom stereocenters. The van der Waals surface area contributed by atoms with E-state index in [2.05, 4.69) is 0 Å². The lowest BCUT2D eigenvalue weighted by Crippen LogP contribution is -2.40. The monoisotopic (exact) mass is 443 g/mol. The van der Waals surface area contributed by atoms with Gasteiger partial charge in [-0.15, -0.1) is 0 Å². The van der Waals surface area contributed by atoms with Crippen LogP contribution in [0.5, 0.6) is 5.75 Å². The van der Waals surface area contributed by atoms with E-state index in [9.17, 15) is 13.2 Å². The van der Waals surface area contributed by atoms with Crippen molar-refractivity contribution in [3.63, 3.8) is 0 Å². The van der Waals surface area contributed by atoms with Crippen LogP contribution in [0, 0.1) is 6.92 Å². The molecule has 3 rings (SSSR count). The average Bonchev–Trinajstić information content (AvgIpc) is 2.75. The number of carbonyl (C=O) groups is 1. The number of anilines is 1. The normalized spacial score (nSPS) is 11.2. The van der Waals surface area contributed by atoms with E-state index in [1.54, 1.807) is 60.7 Å². The minimum absolute atomic E-state index is 0.0280. The van der Waals surface area contributed by atoms with Crippen LogP contribution in [0.2, 0.25) is 5.02 Å². The number of ether oxygens (including phenoxy) is 1. The first-order valence-electron chi connectivity index (χ1n) is 9.44. The quantitative estimate of drug-likeness (QED) is 0.514. The van der Waals surface area contributed by atoms with Gasteiger partial charge in [-0.2, -0.15) is 4.31 Å². The maximum absolute atomic E-state index is 13.3.